The second-order valence-electron chi connectivity index (χ2n) is 4.90. The molecular weight excluding hydrogens is 286 g/mol. The summed E-state index contributed by atoms with van der Waals surface area (Å²) in [5.41, 5.74) is 7.22. The molecule has 0 saturated carbocycles. The molecule has 0 aliphatic carbocycles. The van der Waals surface area contributed by atoms with E-state index in [4.69, 9.17) is 10.5 Å². The van der Waals surface area contributed by atoms with Crippen LogP contribution in [0.2, 0.25) is 0 Å². The quantitative estimate of drug-likeness (QED) is 0.502. The maximum Gasteiger partial charge on any atom is 0.516 e. The van der Waals surface area contributed by atoms with Crippen molar-refractivity contribution < 1.29 is 19.1 Å². The summed E-state index contributed by atoms with van der Waals surface area (Å²) in [5.74, 6) is -0.828. The Hall–Kier alpha value is -2.83. The van der Waals surface area contributed by atoms with Crippen LogP contribution in [-0.4, -0.2) is 24.4 Å². The van der Waals surface area contributed by atoms with Gasteiger partial charge in [0.15, 0.2) is 0 Å². The van der Waals surface area contributed by atoms with Crippen LogP contribution in [0, 0.1) is 0 Å². The van der Waals surface area contributed by atoms with Crippen LogP contribution in [0.25, 0.3) is 0 Å². The van der Waals surface area contributed by atoms with Gasteiger partial charge in [-0.25, -0.2) is 9.59 Å². The molecule has 7 nitrogen and oxygen atoms in total. The number of hydrogen-bond donors (Lipinski definition) is 2. The molecule has 1 heterocycles. The van der Waals surface area contributed by atoms with Gasteiger partial charge in [0.2, 0.25) is 0 Å². The van der Waals surface area contributed by atoms with Crippen molar-refractivity contribution in [2.24, 2.45) is 4.99 Å². The number of benzene rings is 1. The molecule has 1 aliphatic rings. The fourth-order valence-electron chi connectivity index (χ4n) is 1.81. The molecule has 1 unspecified atom stereocenters. The van der Waals surface area contributed by atoms with E-state index in [2.05, 4.69) is 15.0 Å². The zero-order chi connectivity index (χ0) is 16.1. The van der Waals surface area contributed by atoms with Crippen LogP contribution < -0.4 is 11.1 Å². The second kappa shape index (κ2) is 6.75. The number of esters is 1. The number of allylic oxidation sites excluding steroid dienone is 1. The van der Waals surface area contributed by atoms with Gasteiger partial charge in [0.25, 0.3) is 0 Å². The van der Waals surface area contributed by atoms with Gasteiger partial charge in [-0.05, 0) is 37.6 Å². The third kappa shape index (κ3) is 4.08. The van der Waals surface area contributed by atoms with Crippen molar-refractivity contribution in [1.82, 2.24) is 5.32 Å². The van der Waals surface area contributed by atoms with Crippen molar-refractivity contribution in [3.05, 3.63) is 41.6 Å². The van der Waals surface area contributed by atoms with E-state index in [0.717, 1.165) is 5.56 Å². The summed E-state index contributed by atoms with van der Waals surface area (Å²) < 4.78 is 9.34. The van der Waals surface area contributed by atoms with Crippen molar-refractivity contribution in [2.45, 2.75) is 26.1 Å². The normalized spacial score (nSPS) is 16.7. The van der Waals surface area contributed by atoms with Crippen LogP contribution in [0.15, 0.2) is 41.0 Å². The van der Waals surface area contributed by atoms with Crippen molar-refractivity contribution in [3.63, 3.8) is 0 Å². The summed E-state index contributed by atoms with van der Waals surface area (Å²) in [7, 11) is 0. The summed E-state index contributed by atoms with van der Waals surface area (Å²) >= 11 is 0. The summed E-state index contributed by atoms with van der Waals surface area (Å²) in [5, 5.41) is 2.88. The molecular formula is C15H17N3O4. The van der Waals surface area contributed by atoms with Gasteiger partial charge in [-0.1, -0.05) is 12.1 Å². The molecule has 1 aliphatic heterocycles. The highest BCUT2D eigenvalue weighted by molar-refractivity contribution is 5.98. The van der Waals surface area contributed by atoms with Gasteiger partial charge in [0.1, 0.15) is 11.9 Å². The SMILES string of the molecule is CC(C)OC(=O)OC(=O)C1=CC=NC(c2cccc(N)c2)N1. The number of anilines is 1. The molecule has 0 spiro atoms. The molecule has 1 aromatic rings. The molecule has 0 fully saturated rings. The largest absolute Gasteiger partial charge is 0.516 e. The number of hydrogen-bond acceptors (Lipinski definition) is 7. The number of nitrogens with zero attached hydrogens (tertiary/aromatic N) is 1. The standard InChI is InChI=1S/C15H17N3O4/c1-9(2)21-15(20)22-14(19)12-6-7-17-13(18-12)10-4-3-5-11(16)8-10/h3-9,13,18H,16H2,1-2H3. The summed E-state index contributed by atoms with van der Waals surface area (Å²) in [6.45, 7) is 3.32. The lowest BCUT2D eigenvalue weighted by atomic mass is 10.1. The van der Waals surface area contributed by atoms with E-state index >= 15 is 0 Å². The van der Waals surface area contributed by atoms with Crippen LogP contribution in [0.1, 0.15) is 25.6 Å². The van der Waals surface area contributed by atoms with E-state index in [9.17, 15) is 9.59 Å². The number of nitrogen functional groups attached to an aromatic ring is 1. The van der Waals surface area contributed by atoms with E-state index in [-0.39, 0.29) is 11.8 Å². The predicted molar refractivity (Wildman–Crippen MR) is 81.0 cm³/mol. The minimum absolute atomic E-state index is 0.114. The third-order valence-electron chi connectivity index (χ3n) is 2.72. The number of rotatable bonds is 3. The van der Waals surface area contributed by atoms with E-state index < -0.39 is 18.3 Å². The number of nitrogens with two attached hydrogens (primary N) is 1. The highest BCUT2D eigenvalue weighted by Crippen LogP contribution is 2.20. The lowest BCUT2D eigenvalue weighted by Gasteiger charge is -2.20. The molecule has 0 radical (unpaired) electrons. The van der Waals surface area contributed by atoms with E-state index in [1.807, 2.05) is 6.07 Å². The lowest BCUT2D eigenvalue weighted by Crippen LogP contribution is -2.30. The van der Waals surface area contributed by atoms with Gasteiger partial charge in [-0.3, -0.25) is 4.99 Å². The molecule has 0 aromatic heterocycles. The smallest absolute Gasteiger partial charge is 0.431 e. The Morgan fingerprint density at radius 2 is 2.14 bits per heavy atom. The summed E-state index contributed by atoms with van der Waals surface area (Å²) in [4.78, 5) is 27.4. The average molecular weight is 303 g/mol. The third-order valence-corrected chi connectivity index (χ3v) is 2.72. The highest BCUT2D eigenvalue weighted by atomic mass is 16.7. The Bertz CT molecular complexity index is 637. The first-order chi connectivity index (χ1) is 10.5. The molecule has 1 aromatic carbocycles. The molecule has 116 valence electrons. The van der Waals surface area contributed by atoms with E-state index in [1.165, 1.54) is 12.3 Å². The number of nitrogens with one attached hydrogen (secondary N) is 1. The first-order valence-electron chi connectivity index (χ1n) is 6.74. The molecule has 22 heavy (non-hydrogen) atoms. The number of aliphatic imine (C=N–C) groups is 1. The maximum atomic E-state index is 11.9. The number of carbonyl (C=O) groups excluding carboxylic acids is 2. The van der Waals surface area contributed by atoms with Gasteiger partial charge in [0.05, 0.1) is 6.10 Å². The van der Waals surface area contributed by atoms with Crippen molar-refractivity contribution in [1.29, 1.82) is 0 Å². The van der Waals surface area contributed by atoms with Gasteiger partial charge < -0.3 is 20.5 Å². The molecule has 0 saturated heterocycles. The molecule has 0 bridgehead atoms. The summed E-state index contributed by atoms with van der Waals surface area (Å²) in [6, 6.07) is 7.12. The second-order valence-corrected chi connectivity index (χ2v) is 4.90. The van der Waals surface area contributed by atoms with Crippen LogP contribution in [0.5, 0.6) is 0 Å². The molecule has 2 rings (SSSR count). The summed E-state index contributed by atoms with van der Waals surface area (Å²) in [6.07, 6.45) is 1.01. The number of carbonyl (C=O) groups is 2. The van der Waals surface area contributed by atoms with Gasteiger partial charge in [0, 0.05) is 11.9 Å². The fraction of sp³-hybridized carbons (Fsp3) is 0.267. The molecule has 7 heteroatoms. The monoisotopic (exact) mass is 303 g/mol. The van der Waals surface area contributed by atoms with Crippen LogP contribution >= 0.6 is 0 Å². The highest BCUT2D eigenvalue weighted by Gasteiger charge is 2.22. The number of ether oxygens (including phenoxy) is 2. The molecule has 3 N–H and O–H groups in total. The first-order valence-corrected chi connectivity index (χ1v) is 6.74. The van der Waals surface area contributed by atoms with Gasteiger partial charge in [-0.15, -0.1) is 0 Å². The van der Waals surface area contributed by atoms with E-state index in [0.29, 0.717) is 5.69 Å². The fourth-order valence-corrected chi connectivity index (χ4v) is 1.81. The zero-order valence-electron chi connectivity index (χ0n) is 12.3. The van der Waals surface area contributed by atoms with Crippen LogP contribution in [-0.2, 0) is 14.3 Å². The van der Waals surface area contributed by atoms with Gasteiger partial charge >= 0.3 is 12.1 Å². The Morgan fingerprint density at radius 1 is 1.36 bits per heavy atom. The Morgan fingerprint density at radius 3 is 2.82 bits per heavy atom. The minimum Gasteiger partial charge on any atom is -0.431 e. The van der Waals surface area contributed by atoms with Crippen LogP contribution in [0.4, 0.5) is 10.5 Å². The van der Waals surface area contributed by atoms with E-state index in [1.54, 1.807) is 32.0 Å². The van der Waals surface area contributed by atoms with Crippen LogP contribution in [0.3, 0.4) is 0 Å². The predicted octanol–water partition coefficient (Wildman–Crippen LogP) is 1.91. The molecule has 0 amide bonds. The first kappa shape index (κ1) is 15.6. The average Bonchev–Trinajstić information content (AvgIpc) is 2.46. The molecule has 1 atom stereocenters. The Balaban J connectivity index is 2.02. The minimum atomic E-state index is -1.04. The van der Waals surface area contributed by atoms with Crippen molar-refractivity contribution in [2.75, 3.05) is 5.73 Å². The zero-order valence-corrected chi connectivity index (χ0v) is 12.3. The van der Waals surface area contributed by atoms with Crippen molar-refractivity contribution in [3.8, 4) is 0 Å². The lowest BCUT2D eigenvalue weighted by molar-refractivity contribution is -0.136. The maximum absolute atomic E-state index is 11.9. The topological polar surface area (TPSA) is 103 Å². The Labute approximate surface area is 127 Å². The van der Waals surface area contributed by atoms with Crippen molar-refractivity contribution >= 4 is 24.0 Å². The van der Waals surface area contributed by atoms with Gasteiger partial charge in [-0.2, -0.15) is 0 Å². The Kier molecular flexibility index (Phi) is 4.77.